The standard InChI is InChI=1S/C18H21N3O2/c1-13-7-9-14(10-8-13)11-21(2)12-17(22)20-16-6-4-3-5-15(16)18(19)23/h3-10H,11-12H2,1-2H3,(H2,19,23)(H,20,22). The zero-order chi connectivity index (χ0) is 16.8. The quantitative estimate of drug-likeness (QED) is 0.858. The van der Waals surface area contributed by atoms with Crippen molar-refractivity contribution < 1.29 is 9.59 Å². The Labute approximate surface area is 136 Å². The number of amides is 2. The number of likely N-dealkylation sites (N-methyl/N-ethyl adjacent to an activating group) is 1. The number of benzene rings is 2. The van der Waals surface area contributed by atoms with E-state index in [-0.39, 0.29) is 12.5 Å². The first-order chi connectivity index (χ1) is 11.0. The lowest BCUT2D eigenvalue weighted by Crippen LogP contribution is -2.30. The molecular weight excluding hydrogens is 290 g/mol. The number of para-hydroxylation sites is 1. The molecule has 0 saturated heterocycles. The molecular formula is C18H21N3O2. The van der Waals surface area contributed by atoms with Gasteiger partial charge in [-0.05, 0) is 31.7 Å². The highest BCUT2D eigenvalue weighted by molar-refractivity contribution is 6.03. The lowest BCUT2D eigenvalue weighted by Gasteiger charge is -2.17. The van der Waals surface area contributed by atoms with Gasteiger partial charge in [-0.1, -0.05) is 42.0 Å². The van der Waals surface area contributed by atoms with E-state index in [0.29, 0.717) is 17.8 Å². The molecule has 120 valence electrons. The van der Waals surface area contributed by atoms with Crippen molar-refractivity contribution in [3.8, 4) is 0 Å². The van der Waals surface area contributed by atoms with Gasteiger partial charge in [0.25, 0.3) is 5.91 Å². The Kier molecular flexibility index (Phi) is 5.49. The summed E-state index contributed by atoms with van der Waals surface area (Å²) in [7, 11) is 1.87. The van der Waals surface area contributed by atoms with Crippen LogP contribution in [0.3, 0.4) is 0 Å². The van der Waals surface area contributed by atoms with E-state index < -0.39 is 5.91 Å². The molecule has 0 heterocycles. The third-order valence-electron chi connectivity index (χ3n) is 3.45. The van der Waals surface area contributed by atoms with E-state index in [0.717, 1.165) is 5.56 Å². The highest BCUT2D eigenvalue weighted by Crippen LogP contribution is 2.14. The summed E-state index contributed by atoms with van der Waals surface area (Å²) in [5, 5.41) is 2.74. The van der Waals surface area contributed by atoms with Gasteiger partial charge in [0.1, 0.15) is 0 Å². The first kappa shape index (κ1) is 16.7. The number of nitrogens with one attached hydrogen (secondary N) is 1. The van der Waals surface area contributed by atoms with Gasteiger partial charge in [-0.25, -0.2) is 0 Å². The van der Waals surface area contributed by atoms with E-state index in [1.165, 1.54) is 5.56 Å². The third-order valence-corrected chi connectivity index (χ3v) is 3.45. The van der Waals surface area contributed by atoms with Crippen LogP contribution in [0.5, 0.6) is 0 Å². The van der Waals surface area contributed by atoms with Crippen molar-refractivity contribution in [3.05, 3.63) is 65.2 Å². The molecule has 0 aromatic heterocycles. The number of nitrogens with zero attached hydrogens (tertiary/aromatic N) is 1. The average Bonchev–Trinajstić information content (AvgIpc) is 2.49. The fourth-order valence-corrected chi connectivity index (χ4v) is 2.30. The van der Waals surface area contributed by atoms with Gasteiger partial charge in [-0.15, -0.1) is 0 Å². The molecule has 0 atom stereocenters. The second kappa shape index (κ2) is 7.56. The summed E-state index contributed by atoms with van der Waals surface area (Å²) in [6.45, 7) is 2.93. The van der Waals surface area contributed by atoms with E-state index in [4.69, 9.17) is 5.73 Å². The molecule has 5 heteroatoms. The molecule has 0 aliphatic heterocycles. The van der Waals surface area contributed by atoms with Gasteiger partial charge >= 0.3 is 0 Å². The van der Waals surface area contributed by atoms with Crippen LogP contribution in [-0.4, -0.2) is 30.3 Å². The van der Waals surface area contributed by atoms with Crippen molar-refractivity contribution in [2.75, 3.05) is 18.9 Å². The van der Waals surface area contributed by atoms with Gasteiger partial charge in [0.15, 0.2) is 0 Å². The number of aryl methyl sites for hydroxylation is 1. The van der Waals surface area contributed by atoms with Gasteiger partial charge < -0.3 is 11.1 Å². The van der Waals surface area contributed by atoms with Crippen LogP contribution in [0.4, 0.5) is 5.69 Å². The number of hydrogen-bond donors (Lipinski definition) is 2. The Morgan fingerprint density at radius 3 is 2.39 bits per heavy atom. The number of carbonyl (C=O) groups excluding carboxylic acids is 2. The minimum atomic E-state index is -0.561. The first-order valence-corrected chi connectivity index (χ1v) is 7.38. The number of primary amides is 1. The van der Waals surface area contributed by atoms with E-state index in [9.17, 15) is 9.59 Å². The Bertz CT molecular complexity index is 696. The van der Waals surface area contributed by atoms with Crippen LogP contribution in [0.15, 0.2) is 48.5 Å². The fraction of sp³-hybridized carbons (Fsp3) is 0.222. The zero-order valence-electron chi connectivity index (χ0n) is 13.4. The summed E-state index contributed by atoms with van der Waals surface area (Å²) in [6, 6.07) is 14.9. The van der Waals surface area contributed by atoms with E-state index in [2.05, 4.69) is 5.32 Å². The zero-order valence-corrected chi connectivity index (χ0v) is 13.4. The molecule has 0 radical (unpaired) electrons. The Morgan fingerprint density at radius 1 is 1.09 bits per heavy atom. The highest BCUT2D eigenvalue weighted by Gasteiger charge is 2.12. The van der Waals surface area contributed by atoms with Crippen LogP contribution in [0.25, 0.3) is 0 Å². The van der Waals surface area contributed by atoms with Gasteiger partial charge in [0.2, 0.25) is 5.91 Å². The second-order valence-electron chi connectivity index (χ2n) is 5.62. The van der Waals surface area contributed by atoms with Crippen molar-refractivity contribution in [2.45, 2.75) is 13.5 Å². The molecule has 2 amide bonds. The maximum absolute atomic E-state index is 12.1. The van der Waals surface area contributed by atoms with E-state index >= 15 is 0 Å². The van der Waals surface area contributed by atoms with Crippen molar-refractivity contribution in [1.29, 1.82) is 0 Å². The molecule has 0 spiro atoms. The Hall–Kier alpha value is -2.66. The number of carbonyl (C=O) groups is 2. The van der Waals surface area contributed by atoms with Crippen molar-refractivity contribution in [3.63, 3.8) is 0 Å². The lowest BCUT2D eigenvalue weighted by molar-refractivity contribution is -0.117. The van der Waals surface area contributed by atoms with Crippen LogP contribution in [-0.2, 0) is 11.3 Å². The number of nitrogens with two attached hydrogens (primary N) is 1. The minimum absolute atomic E-state index is 0.187. The van der Waals surface area contributed by atoms with Gasteiger partial charge in [0, 0.05) is 6.54 Å². The molecule has 2 rings (SSSR count). The van der Waals surface area contributed by atoms with Crippen LogP contribution >= 0.6 is 0 Å². The molecule has 0 aliphatic carbocycles. The smallest absolute Gasteiger partial charge is 0.250 e. The van der Waals surface area contributed by atoms with E-state index in [1.807, 2.05) is 43.1 Å². The average molecular weight is 311 g/mol. The molecule has 23 heavy (non-hydrogen) atoms. The lowest BCUT2D eigenvalue weighted by atomic mass is 10.1. The minimum Gasteiger partial charge on any atom is -0.366 e. The largest absolute Gasteiger partial charge is 0.366 e. The number of hydrogen-bond acceptors (Lipinski definition) is 3. The van der Waals surface area contributed by atoms with Gasteiger partial charge in [-0.3, -0.25) is 14.5 Å². The fourth-order valence-electron chi connectivity index (χ4n) is 2.30. The summed E-state index contributed by atoms with van der Waals surface area (Å²) in [5.74, 6) is -0.748. The van der Waals surface area contributed by atoms with Gasteiger partial charge in [0.05, 0.1) is 17.8 Å². The topological polar surface area (TPSA) is 75.4 Å². The maximum Gasteiger partial charge on any atom is 0.250 e. The second-order valence-corrected chi connectivity index (χ2v) is 5.62. The molecule has 2 aromatic rings. The monoisotopic (exact) mass is 311 g/mol. The summed E-state index contributed by atoms with van der Waals surface area (Å²) >= 11 is 0. The first-order valence-electron chi connectivity index (χ1n) is 7.38. The van der Waals surface area contributed by atoms with Crippen molar-refractivity contribution >= 4 is 17.5 Å². The van der Waals surface area contributed by atoms with Gasteiger partial charge in [-0.2, -0.15) is 0 Å². The molecule has 0 aliphatic rings. The normalized spacial score (nSPS) is 10.6. The Morgan fingerprint density at radius 2 is 1.74 bits per heavy atom. The molecule has 5 nitrogen and oxygen atoms in total. The summed E-state index contributed by atoms with van der Waals surface area (Å²) in [4.78, 5) is 25.4. The highest BCUT2D eigenvalue weighted by atomic mass is 16.2. The summed E-state index contributed by atoms with van der Waals surface area (Å²) in [5.41, 5.74) is 8.40. The number of anilines is 1. The van der Waals surface area contributed by atoms with Crippen molar-refractivity contribution in [2.24, 2.45) is 5.73 Å². The maximum atomic E-state index is 12.1. The Balaban J connectivity index is 1.94. The van der Waals surface area contributed by atoms with E-state index in [1.54, 1.807) is 24.3 Å². The van der Waals surface area contributed by atoms with Crippen LogP contribution in [0.1, 0.15) is 21.5 Å². The summed E-state index contributed by atoms with van der Waals surface area (Å²) < 4.78 is 0. The van der Waals surface area contributed by atoms with Crippen LogP contribution < -0.4 is 11.1 Å². The van der Waals surface area contributed by atoms with Crippen LogP contribution in [0.2, 0.25) is 0 Å². The summed E-state index contributed by atoms with van der Waals surface area (Å²) in [6.07, 6.45) is 0. The van der Waals surface area contributed by atoms with Crippen molar-refractivity contribution in [1.82, 2.24) is 4.90 Å². The molecule has 3 N–H and O–H groups in total. The molecule has 0 bridgehead atoms. The predicted molar refractivity (Wildman–Crippen MR) is 91.1 cm³/mol. The molecule has 2 aromatic carbocycles. The molecule has 0 unspecified atom stereocenters. The van der Waals surface area contributed by atoms with Crippen LogP contribution in [0, 0.1) is 6.92 Å². The predicted octanol–water partition coefficient (Wildman–Crippen LogP) is 2.16. The SMILES string of the molecule is Cc1ccc(CN(C)CC(=O)Nc2ccccc2C(N)=O)cc1. The molecule has 0 saturated carbocycles. The molecule has 0 fully saturated rings. The third kappa shape index (κ3) is 4.93. The number of rotatable bonds is 6.